The highest BCUT2D eigenvalue weighted by atomic mass is 32.1. The highest BCUT2D eigenvalue weighted by Crippen LogP contribution is 2.25. The molecular weight excluding hydrogens is 370 g/mol. The zero-order valence-corrected chi connectivity index (χ0v) is 17.3. The Morgan fingerprint density at radius 3 is 2.50 bits per heavy atom. The third-order valence-electron chi connectivity index (χ3n) is 5.13. The summed E-state index contributed by atoms with van der Waals surface area (Å²) in [5.74, 6) is 0.859. The van der Waals surface area contributed by atoms with Gasteiger partial charge >= 0.3 is 0 Å². The molecule has 0 amide bonds. The number of hydrogen-bond acceptors (Lipinski definition) is 5. The zero-order valence-electron chi connectivity index (χ0n) is 16.5. The fourth-order valence-corrected chi connectivity index (χ4v) is 4.24. The summed E-state index contributed by atoms with van der Waals surface area (Å²) in [7, 11) is 1.69. The fourth-order valence-electron chi connectivity index (χ4n) is 3.32. The van der Waals surface area contributed by atoms with E-state index in [-0.39, 0.29) is 0 Å². The van der Waals surface area contributed by atoms with E-state index in [1.54, 1.807) is 18.4 Å². The van der Waals surface area contributed by atoms with E-state index in [1.807, 2.05) is 12.1 Å². The van der Waals surface area contributed by atoms with E-state index in [9.17, 15) is 0 Å². The van der Waals surface area contributed by atoms with Crippen LogP contribution in [0.4, 0.5) is 5.69 Å². The number of methoxy groups -OCH3 is 1. The van der Waals surface area contributed by atoms with Crippen molar-refractivity contribution in [1.82, 2.24) is 4.68 Å². The van der Waals surface area contributed by atoms with Gasteiger partial charge in [0.25, 0.3) is 0 Å². The Hall–Kier alpha value is -2.57. The third-order valence-corrected chi connectivity index (χ3v) is 5.95. The van der Waals surface area contributed by atoms with Crippen molar-refractivity contribution in [1.29, 1.82) is 0 Å². The second-order valence-electron chi connectivity index (χ2n) is 6.84. The molecule has 146 valence electrons. The molecule has 1 fully saturated rings. The minimum Gasteiger partial charge on any atom is -0.497 e. The van der Waals surface area contributed by atoms with Crippen molar-refractivity contribution in [3.05, 3.63) is 63.8 Å². The number of aryl methyl sites for hydroxylation is 1. The van der Waals surface area contributed by atoms with Crippen LogP contribution in [0.15, 0.2) is 52.8 Å². The fraction of sp³-hybridized carbons (Fsp3) is 0.318. The minimum atomic E-state index is 0.730. The van der Waals surface area contributed by atoms with Crippen molar-refractivity contribution < 1.29 is 9.47 Å². The van der Waals surface area contributed by atoms with Gasteiger partial charge in [0.05, 0.1) is 44.8 Å². The number of nitrogens with zero attached hydrogens (tertiary/aromatic N) is 3. The van der Waals surface area contributed by atoms with Gasteiger partial charge in [0.15, 0.2) is 0 Å². The van der Waals surface area contributed by atoms with Gasteiger partial charge in [0.2, 0.25) is 4.80 Å². The first-order valence-electron chi connectivity index (χ1n) is 9.46. The lowest BCUT2D eigenvalue weighted by Crippen LogP contribution is -2.48. The number of morpholine rings is 1. The molecule has 0 radical (unpaired) electrons. The van der Waals surface area contributed by atoms with Crippen molar-refractivity contribution >= 4 is 17.0 Å². The Morgan fingerprint density at radius 2 is 1.79 bits per heavy atom. The summed E-state index contributed by atoms with van der Waals surface area (Å²) in [5, 5.41) is 4.50. The maximum atomic E-state index is 5.57. The van der Waals surface area contributed by atoms with E-state index in [4.69, 9.17) is 14.5 Å². The molecule has 3 aromatic rings. The maximum absolute atomic E-state index is 5.57. The van der Waals surface area contributed by atoms with Crippen LogP contribution in [0, 0.1) is 13.8 Å². The van der Waals surface area contributed by atoms with Crippen molar-refractivity contribution in [3.63, 3.8) is 0 Å². The Morgan fingerprint density at radius 1 is 1.04 bits per heavy atom. The van der Waals surface area contributed by atoms with Crippen LogP contribution in [0.2, 0.25) is 0 Å². The molecular formula is C22H25N3O2S. The van der Waals surface area contributed by atoms with Crippen molar-refractivity contribution in [2.75, 3.05) is 38.4 Å². The molecule has 1 aliphatic heterocycles. The second kappa shape index (κ2) is 8.20. The van der Waals surface area contributed by atoms with Crippen LogP contribution in [-0.2, 0) is 4.74 Å². The van der Waals surface area contributed by atoms with Gasteiger partial charge in [-0.1, -0.05) is 12.1 Å². The molecule has 0 saturated carbocycles. The van der Waals surface area contributed by atoms with E-state index >= 15 is 0 Å². The van der Waals surface area contributed by atoms with Crippen LogP contribution in [0.3, 0.4) is 0 Å². The van der Waals surface area contributed by atoms with Gasteiger partial charge < -0.3 is 14.5 Å². The molecule has 5 nitrogen and oxygen atoms in total. The monoisotopic (exact) mass is 395 g/mol. The molecule has 0 aliphatic carbocycles. The van der Waals surface area contributed by atoms with Gasteiger partial charge in [-0.25, -0.2) is 9.67 Å². The molecule has 0 unspecified atom stereocenters. The molecule has 2 heterocycles. The Bertz CT molecular complexity index is 1020. The number of hydrogen-bond donors (Lipinski definition) is 0. The van der Waals surface area contributed by atoms with Crippen molar-refractivity contribution in [2.45, 2.75) is 13.8 Å². The van der Waals surface area contributed by atoms with Gasteiger partial charge in [0.1, 0.15) is 5.75 Å². The minimum absolute atomic E-state index is 0.730. The molecule has 0 N–H and O–H groups in total. The molecule has 0 atom stereocenters. The smallest absolute Gasteiger partial charge is 0.209 e. The van der Waals surface area contributed by atoms with Crippen LogP contribution < -0.4 is 14.5 Å². The lowest BCUT2D eigenvalue weighted by Gasteiger charge is -2.31. The topological polar surface area (TPSA) is 39.0 Å². The normalized spacial score (nSPS) is 15.1. The van der Waals surface area contributed by atoms with Crippen LogP contribution in [-0.4, -0.2) is 38.1 Å². The van der Waals surface area contributed by atoms with Gasteiger partial charge in [-0.2, -0.15) is 0 Å². The summed E-state index contributed by atoms with van der Waals surface area (Å²) in [6.07, 6.45) is 0. The standard InChI is InChI=1S/C22H25N3O2S/c1-16-5-4-6-20(17(16)2)23-22-25(24-11-13-27-14-12-24)21(15-28-22)18-7-9-19(26-3)10-8-18/h4-10,15H,11-14H2,1-3H3. The molecule has 1 aliphatic rings. The molecule has 2 aromatic carbocycles. The van der Waals surface area contributed by atoms with Gasteiger partial charge in [0, 0.05) is 10.9 Å². The van der Waals surface area contributed by atoms with Crippen molar-refractivity contribution in [3.8, 4) is 17.0 Å². The Kier molecular flexibility index (Phi) is 5.50. The maximum Gasteiger partial charge on any atom is 0.209 e. The average Bonchev–Trinajstić information content (AvgIpc) is 3.15. The number of benzene rings is 2. The van der Waals surface area contributed by atoms with E-state index in [0.717, 1.165) is 53.8 Å². The molecule has 0 bridgehead atoms. The van der Waals surface area contributed by atoms with E-state index in [1.165, 1.54) is 11.1 Å². The number of ether oxygens (including phenoxy) is 2. The summed E-state index contributed by atoms with van der Waals surface area (Å²) in [6.45, 7) is 7.41. The van der Waals surface area contributed by atoms with Crippen molar-refractivity contribution in [2.24, 2.45) is 4.99 Å². The summed E-state index contributed by atoms with van der Waals surface area (Å²) < 4.78 is 13.1. The third kappa shape index (κ3) is 3.70. The lowest BCUT2D eigenvalue weighted by atomic mass is 10.1. The average molecular weight is 396 g/mol. The first kappa shape index (κ1) is 18.8. The van der Waals surface area contributed by atoms with Gasteiger partial charge in [-0.3, -0.25) is 0 Å². The molecule has 28 heavy (non-hydrogen) atoms. The summed E-state index contributed by atoms with van der Waals surface area (Å²) in [5.41, 5.74) is 5.77. The SMILES string of the molecule is COc1ccc(-c2csc(=Nc3cccc(C)c3C)n2N2CCOCC2)cc1. The zero-order chi connectivity index (χ0) is 19.5. The summed E-state index contributed by atoms with van der Waals surface area (Å²) in [6, 6.07) is 14.5. The largest absolute Gasteiger partial charge is 0.497 e. The van der Waals surface area contributed by atoms with Crippen LogP contribution in [0.25, 0.3) is 11.3 Å². The number of rotatable bonds is 4. The second-order valence-corrected chi connectivity index (χ2v) is 7.68. The van der Waals surface area contributed by atoms with Crippen LogP contribution in [0.5, 0.6) is 5.75 Å². The predicted molar refractivity (Wildman–Crippen MR) is 114 cm³/mol. The highest BCUT2D eigenvalue weighted by molar-refractivity contribution is 7.07. The number of aromatic nitrogens is 1. The molecule has 4 rings (SSSR count). The summed E-state index contributed by atoms with van der Waals surface area (Å²) >= 11 is 1.67. The highest BCUT2D eigenvalue weighted by Gasteiger charge is 2.17. The molecule has 6 heteroatoms. The first-order chi connectivity index (χ1) is 13.7. The van der Waals surface area contributed by atoms with E-state index in [0.29, 0.717) is 0 Å². The first-order valence-corrected chi connectivity index (χ1v) is 10.3. The van der Waals surface area contributed by atoms with E-state index in [2.05, 4.69) is 59.2 Å². The van der Waals surface area contributed by atoms with E-state index < -0.39 is 0 Å². The summed E-state index contributed by atoms with van der Waals surface area (Å²) in [4.78, 5) is 6.00. The van der Waals surface area contributed by atoms with Gasteiger partial charge in [-0.05, 0) is 55.3 Å². The van der Waals surface area contributed by atoms with Crippen LogP contribution in [0.1, 0.15) is 11.1 Å². The molecule has 0 spiro atoms. The quantitative estimate of drug-likeness (QED) is 0.669. The molecule has 1 aromatic heterocycles. The molecule has 1 saturated heterocycles. The van der Waals surface area contributed by atoms with Gasteiger partial charge in [-0.15, -0.1) is 11.3 Å². The Labute approximate surface area is 169 Å². The van der Waals surface area contributed by atoms with Crippen LogP contribution >= 0.6 is 11.3 Å². The lowest BCUT2D eigenvalue weighted by molar-refractivity contribution is 0.111. The number of thiazole rings is 1. The Balaban J connectivity index is 1.85. The predicted octanol–water partition coefficient (Wildman–Crippen LogP) is 4.04.